The van der Waals surface area contributed by atoms with Crippen LogP contribution in [-0.4, -0.2) is 16.2 Å². The number of fused-ring (bicyclic) bond motifs is 1. The van der Waals surface area contributed by atoms with Crippen molar-refractivity contribution in [1.82, 2.24) is 10.3 Å². The molecular formula is C25H21FN4O2S. The normalized spacial score (nSPS) is 11.5. The number of hydrogen-bond donors (Lipinski definition) is 3. The molecule has 0 aliphatic heterocycles. The average molecular weight is 461 g/mol. The smallest absolute Gasteiger partial charge is 0.408 e. The van der Waals surface area contributed by atoms with Gasteiger partial charge in [-0.2, -0.15) is 0 Å². The molecule has 1 heterocycles. The second-order valence-electron chi connectivity index (χ2n) is 7.33. The van der Waals surface area contributed by atoms with Crippen LogP contribution in [0.1, 0.15) is 18.5 Å². The predicted octanol–water partition coefficient (Wildman–Crippen LogP) is 6.03. The number of amides is 1. The molecule has 3 N–H and O–H groups in total. The van der Waals surface area contributed by atoms with Crippen molar-refractivity contribution in [3.8, 4) is 5.75 Å². The van der Waals surface area contributed by atoms with Crippen molar-refractivity contribution in [1.29, 1.82) is 0 Å². The molecule has 33 heavy (non-hydrogen) atoms. The molecule has 166 valence electrons. The molecule has 1 unspecified atom stereocenters. The number of para-hydroxylation sites is 1. The summed E-state index contributed by atoms with van der Waals surface area (Å²) < 4.78 is 18.4. The molecule has 0 bridgehead atoms. The molecule has 0 aliphatic carbocycles. The minimum atomic E-state index is -0.613. The van der Waals surface area contributed by atoms with Gasteiger partial charge in [-0.1, -0.05) is 30.3 Å². The van der Waals surface area contributed by atoms with Crippen molar-refractivity contribution in [2.45, 2.75) is 13.0 Å². The number of anilines is 2. The number of aromatic nitrogens is 1. The molecule has 4 aromatic rings. The maximum Gasteiger partial charge on any atom is 0.417 e. The summed E-state index contributed by atoms with van der Waals surface area (Å²) in [6.07, 6.45) is 0.897. The van der Waals surface area contributed by atoms with Gasteiger partial charge in [0.2, 0.25) is 0 Å². The fourth-order valence-corrected chi connectivity index (χ4v) is 3.49. The van der Waals surface area contributed by atoms with Crippen LogP contribution in [0.3, 0.4) is 0 Å². The highest BCUT2D eigenvalue weighted by Gasteiger charge is 2.09. The number of rotatable bonds is 5. The number of benzene rings is 3. The second kappa shape index (κ2) is 10.1. The quantitative estimate of drug-likeness (QED) is 0.316. The third-order valence-corrected chi connectivity index (χ3v) is 5.10. The summed E-state index contributed by atoms with van der Waals surface area (Å²) in [5.41, 5.74) is 3.06. The van der Waals surface area contributed by atoms with E-state index in [4.69, 9.17) is 17.0 Å². The van der Waals surface area contributed by atoms with Gasteiger partial charge in [0.15, 0.2) is 10.9 Å². The van der Waals surface area contributed by atoms with Gasteiger partial charge in [-0.15, -0.1) is 0 Å². The Labute approximate surface area is 195 Å². The first-order valence-corrected chi connectivity index (χ1v) is 10.6. The summed E-state index contributed by atoms with van der Waals surface area (Å²) in [6.45, 7) is 1.94. The molecule has 1 atom stereocenters. The molecule has 0 saturated heterocycles. The van der Waals surface area contributed by atoms with Crippen molar-refractivity contribution in [2.75, 3.05) is 10.6 Å². The van der Waals surface area contributed by atoms with Crippen LogP contribution in [0, 0.1) is 5.82 Å². The van der Waals surface area contributed by atoms with Gasteiger partial charge in [0.1, 0.15) is 5.82 Å². The van der Waals surface area contributed by atoms with E-state index < -0.39 is 6.09 Å². The van der Waals surface area contributed by atoms with Gasteiger partial charge in [-0.05, 0) is 73.2 Å². The first-order valence-electron chi connectivity index (χ1n) is 10.2. The Balaban J connectivity index is 1.29. The summed E-state index contributed by atoms with van der Waals surface area (Å²) in [6, 6.07) is 22.5. The summed E-state index contributed by atoms with van der Waals surface area (Å²) in [7, 11) is 0. The molecule has 0 fully saturated rings. The first kappa shape index (κ1) is 22.2. The molecule has 3 aromatic carbocycles. The lowest BCUT2D eigenvalue weighted by atomic mass is 10.1. The average Bonchev–Trinajstić information content (AvgIpc) is 2.80. The van der Waals surface area contributed by atoms with Gasteiger partial charge < -0.3 is 15.4 Å². The second-order valence-corrected chi connectivity index (χ2v) is 7.74. The molecule has 6 nitrogen and oxygen atoms in total. The molecule has 4 rings (SSSR count). The predicted molar refractivity (Wildman–Crippen MR) is 132 cm³/mol. The zero-order valence-electron chi connectivity index (χ0n) is 17.7. The highest BCUT2D eigenvalue weighted by atomic mass is 32.1. The zero-order valence-corrected chi connectivity index (χ0v) is 18.5. The number of nitrogens with one attached hydrogen (secondary N) is 3. The van der Waals surface area contributed by atoms with E-state index in [9.17, 15) is 9.18 Å². The Hall–Kier alpha value is -4.04. The van der Waals surface area contributed by atoms with Crippen molar-refractivity contribution in [2.24, 2.45) is 0 Å². The highest BCUT2D eigenvalue weighted by Crippen LogP contribution is 2.19. The van der Waals surface area contributed by atoms with Crippen molar-refractivity contribution < 1.29 is 13.9 Å². The Bertz CT molecular complexity index is 1280. The summed E-state index contributed by atoms with van der Waals surface area (Å²) in [5, 5.41) is 10.2. The molecular weight excluding hydrogens is 439 g/mol. The molecule has 0 aliphatic rings. The summed E-state index contributed by atoms with van der Waals surface area (Å²) in [5.74, 6) is 0.0781. The summed E-state index contributed by atoms with van der Waals surface area (Å²) >= 11 is 5.36. The monoisotopic (exact) mass is 460 g/mol. The maximum absolute atomic E-state index is 13.1. The molecule has 0 radical (unpaired) electrons. The lowest BCUT2D eigenvalue weighted by Crippen LogP contribution is -2.30. The topological polar surface area (TPSA) is 75.3 Å². The Morgan fingerprint density at radius 1 is 0.970 bits per heavy atom. The van der Waals surface area contributed by atoms with Crippen LogP contribution < -0.4 is 20.7 Å². The van der Waals surface area contributed by atoms with Crippen LogP contribution >= 0.6 is 12.2 Å². The van der Waals surface area contributed by atoms with Gasteiger partial charge in [-0.3, -0.25) is 10.3 Å². The number of nitrogens with zero attached hydrogens (tertiary/aromatic N) is 1. The van der Waals surface area contributed by atoms with Gasteiger partial charge in [0.05, 0.1) is 17.8 Å². The van der Waals surface area contributed by atoms with Gasteiger partial charge in [-0.25, -0.2) is 9.18 Å². The first-order chi connectivity index (χ1) is 16.0. The fourth-order valence-electron chi connectivity index (χ4n) is 3.19. The van der Waals surface area contributed by atoms with E-state index in [2.05, 4.69) is 20.9 Å². The third kappa shape index (κ3) is 6.02. The van der Waals surface area contributed by atoms with Crippen LogP contribution in [-0.2, 0) is 0 Å². The Morgan fingerprint density at radius 3 is 2.36 bits per heavy atom. The van der Waals surface area contributed by atoms with Crippen LogP contribution in [0.4, 0.5) is 20.6 Å². The molecule has 0 spiro atoms. The van der Waals surface area contributed by atoms with E-state index >= 15 is 0 Å². The van der Waals surface area contributed by atoms with Crippen molar-refractivity contribution in [3.05, 3.63) is 96.4 Å². The standard InChI is InChI=1S/C25H21FN4O2S/c1-16(17-6-8-19(26)9-7-17)28-24(33)29-20-10-12-21(13-11-20)30-25(31)32-22-14-18-4-2-3-5-23(18)27-15-22/h2-16H,1H3,(H,30,31)(H2,28,29,33). The van der Waals surface area contributed by atoms with Crippen LogP contribution in [0.2, 0.25) is 0 Å². The van der Waals surface area contributed by atoms with Crippen LogP contribution in [0.5, 0.6) is 5.75 Å². The number of pyridine rings is 1. The number of thiocarbonyl (C=S) groups is 1. The van der Waals surface area contributed by atoms with E-state index in [-0.39, 0.29) is 11.9 Å². The van der Waals surface area contributed by atoms with E-state index in [1.807, 2.05) is 31.2 Å². The minimum Gasteiger partial charge on any atom is -0.408 e. The zero-order chi connectivity index (χ0) is 23.2. The van der Waals surface area contributed by atoms with Crippen molar-refractivity contribution >= 4 is 45.7 Å². The van der Waals surface area contributed by atoms with E-state index in [1.165, 1.54) is 18.3 Å². The largest absolute Gasteiger partial charge is 0.417 e. The number of carbonyl (C=O) groups excluding carboxylic acids is 1. The number of hydrogen-bond acceptors (Lipinski definition) is 4. The third-order valence-electron chi connectivity index (χ3n) is 4.88. The summed E-state index contributed by atoms with van der Waals surface area (Å²) in [4.78, 5) is 16.5. The van der Waals surface area contributed by atoms with Crippen molar-refractivity contribution in [3.63, 3.8) is 0 Å². The lowest BCUT2D eigenvalue weighted by molar-refractivity contribution is 0.215. The highest BCUT2D eigenvalue weighted by molar-refractivity contribution is 7.80. The van der Waals surface area contributed by atoms with Gasteiger partial charge in [0.25, 0.3) is 0 Å². The number of halogens is 1. The SMILES string of the molecule is CC(NC(=S)Nc1ccc(NC(=O)Oc2cnc3ccccc3c2)cc1)c1ccc(F)cc1. The minimum absolute atomic E-state index is 0.0918. The molecule has 1 aromatic heterocycles. The van der Waals surface area contributed by atoms with Crippen LogP contribution in [0.15, 0.2) is 85.1 Å². The van der Waals surface area contributed by atoms with Crippen LogP contribution in [0.25, 0.3) is 10.9 Å². The van der Waals surface area contributed by atoms with Gasteiger partial charge >= 0.3 is 6.09 Å². The molecule has 1 amide bonds. The maximum atomic E-state index is 13.1. The lowest BCUT2D eigenvalue weighted by Gasteiger charge is -2.17. The Kier molecular flexibility index (Phi) is 6.75. The fraction of sp³-hybridized carbons (Fsp3) is 0.0800. The Morgan fingerprint density at radius 2 is 1.64 bits per heavy atom. The molecule has 0 saturated carbocycles. The van der Waals surface area contributed by atoms with Gasteiger partial charge in [0, 0.05) is 16.8 Å². The number of carbonyl (C=O) groups is 1. The van der Waals surface area contributed by atoms with E-state index in [0.717, 1.165) is 22.2 Å². The number of ether oxygens (including phenoxy) is 1. The van der Waals surface area contributed by atoms with E-state index in [1.54, 1.807) is 42.5 Å². The molecule has 8 heteroatoms. The van der Waals surface area contributed by atoms with E-state index in [0.29, 0.717) is 16.5 Å².